The van der Waals surface area contributed by atoms with Crippen LogP contribution in [-0.2, 0) is 6.54 Å². The lowest BCUT2D eigenvalue weighted by molar-refractivity contribution is 0.468. The lowest BCUT2D eigenvalue weighted by atomic mass is 10.1. The van der Waals surface area contributed by atoms with E-state index in [1.165, 1.54) is 5.56 Å². The normalized spacial score (nSPS) is 18.7. The van der Waals surface area contributed by atoms with E-state index in [0.717, 1.165) is 37.7 Å². The van der Waals surface area contributed by atoms with E-state index in [0.29, 0.717) is 6.04 Å². The lowest BCUT2D eigenvalue weighted by Crippen LogP contribution is -2.33. The lowest BCUT2D eigenvalue weighted by Gasteiger charge is -2.25. The van der Waals surface area contributed by atoms with Crippen LogP contribution in [0.25, 0.3) is 0 Å². The third kappa shape index (κ3) is 3.60. The zero-order chi connectivity index (χ0) is 17.8. The zero-order valence-electron chi connectivity index (χ0n) is 15.0. The molecule has 2 aromatic heterocycles. The molecular weight excluding hydrogens is 324 g/mol. The number of pyridine rings is 1. The van der Waals surface area contributed by atoms with Crippen LogP contribution in [0, 0.1) is 0 Å². The molecule has 1 aliphatic heterocycles. The minimum atomic E-state index is 0.273. The van der Waals surface area contributed by atoms with Crippen LogP contribution in [0.1, 0.15) is 36.8 Å². The summed E-state index contributed by atoms with van der Waals surface area (Å²) in [5.74, 6) is 2.05. The van der Waals surface area contributed by atoms with Crippen LogP contribution < -0.4 is 10.2 Å². The van der Waals surface area contributed by atoms with E-state index in [1.54, 1.807) is 6.33 Å². The number of benzene rings is 1. The standard InChI is InChI=1S/C20H24N6/c1-16-13-18(20-23-15-24-26(16)20)21-11-12-25(19-9-5-6-10-22-19)14-17-7-3-2-4-8-17/h2-10,15-16,18,21H,11-14H2,1H3. The second-order valence-corrected chi connectivity index (χ2v) is 6.75. The van der Waals surface area contributed by atoms with Crippen molar-refractivity contribution in [1.29, 1.82) is 0 Å². The van der Waals surface area contributed by atoms with E-state index in [1.807, 2.05) is 29.1 Å². The Morgan fingerprint density at radius 1 is 1.12 bits per heavy atom. The van der Waals surface area contributed by atoms with Gasteiger partial charge in [0.05, 0.1) is 12.1 Å². The molecule has 2 atom stereocenters. The first-order chi connectivity index (χ1) is 12.8. The number of nitrogens with one attached hydrogen (secondary N) is 1. The molecular formula is C20H24N6. The van der Waals surface area contributed by atoms with Gasteiger partial charge in [-0.3, -0.25) is 0 Å². The van der Waals surface area contributed by atoms with E-state index >= 15 is 0 Å². The summed E-state index contributed by atoms with van der Waals surface area (Å²) in [5.41, 5.74) is 1.28. The topological polar surface area (TPSA) is 58.9 Å². The minimum Gasteiger partial charge on any atom is -0.351 e. The van der Waals surface area contributed by atoms with Crippen LogP contribution in [0.4, 0.5) is 5.82 Å². The molecule has 0 aliphatic carbocycles. The number of anilines is 1. The van der Waals surface area contributed by atoms with Crippen LogP contribution >= 0.6 is 0 Å². The molecule has 3 aromatic rings. The van der Waals surface area contributed by atoms with Gasteiger partial charge in [0.25, 0.3) is 0 Å². The molecule has 26 heavy (non-hydrogen) atoms. The van der Waals surface area contributed by atoms with E-state index in [2.05, 4.69) is 62.5 Å². The van der Waals surface area contributed by atoms with Crippen molar-refractivity contribution in [3.8, 4) is 0 Å². The third-order valence-corrected chi connectivity index (χ3v) is 4.87. The number of rotatable bonds is 7. The first-order valence-corrected chi connectivity index (χ1v) is 9.14. The van der Waals surface area contributed by atoms with Gasteiger partial charge in [-0.25, -0.2) is 14.6 Å². The average Bonchev–Trinajstić information content (AvgIpc) is 3.27. The molecule has 3 heterocycles. The van der Waals surface area contributed by atoms with Crippen molar-refractivity contribution in [1.82, 2.24) is 25.1 Å². The first-order valence-electron chi connectivity index (χ1n) is 9.14. The van der Waals surface area contributed by atoms with Gasteiger partial charge in [-0.1, -0.05) is 36.4 Å². The number of nitrogens with zero attached hydrogens (tertiary/aromatic N) is 5. The van der Waals surface area contributed by atoms with Gasteiger partial charge in [-0.05, 0) is 31.0 Å². The Morgan fingerprint density at radius 3 is 2.77 bits per heavy atom. The largest absolute Gasteiger partial charge is 0.351 e. The molecule has 0 radical (unpaired) electrons. The highest BCUT2D eigenvalue weighted by atomic mass is 15.4. The Balaban J connectivity index is 1.41. The van der Waals surface area contributed by atoms with Crippen molar-refractivity contribution >= 4 is 5.82 Å². The van der Waals surface area contributed by atoms with Crippen LogP contribution in [0.2, 0.25) is 0 Å². The van der Waals surface area contributed by atoms with Gasteiger partial charge < -0.3 is 10.2 Å². The molecule has 4 rings (SSSR count). The summed E-state index contributed by atoms with van der Waals surface area (Å²) in [4.78, 5) is 11.3. The summed E-state index contributed by atoms with van der Waals surface area (Å²) in [5, 5.41) is 7.97. The average molecular weight is 348 g/mol. The van der Waals surface area contributed by atoms with Crippen molar-refractivity contribution in [2.75, 3.05) is 18.0 Å². The minimum absolute atomic E-state index is 0.273. The van der Waals surface area contributed by atoms with Crippen LogP contribution in [0.3, 0.4) is 0 Å². The molecule has 0 fully saturated rings. The predicted molar refractivity (Wildman–Crippen MR) is 102 cm³/mol. The maximum absolute atomic E-state index is 4.54. The first kappa shape index (κ1) is 16.7. The predicted octanol–water partition coefficient (Wildman–Crippen LogP) is 2.98. The Kier molecular flexibility index (Phi) is 4.93. The van der Waals surface area contributed by atoms with E-state index in [4.69, 9.17) is 0 Å². The molecule has 2 unspecified atom stereocenters. The van der Waals surface area contributed by atoms with Crippen molar-refractivity contribution in [2.45, 2.75) is 32.0 Å². The highest BCUT2D eigenvalue weighted by Crippen LogP contribution is 2.31. The van der Waals surface area contributed by atoms with Gasteiger partial charge in [0, 0.05) is 25.8 Å². The SMILES string of the molecule is CC1CC(NCCN(Cc2ccccc2)c2ccccn2)c2ncnn21. The van der Waals surface area contributed by atoms with E-state index in [-0.39, 0.29) is 6.04 Å². The number of aromatic nitrogens is 4. The summed E-state index contributed by atoms with van der Waals surface area (Å²) >= 11 is 0. The van der Waals surface area contributed by atoms with Crippen molar-refractivity contribution in [3.05, 3.63) is 72.4 Å². The number of fused-ring (bicyclic) bond motifs is 1. The summed E-state index contributed by atoms with van der Waals surface area (Å²) < 4.78 is 2.03. The van der Waals surface area contributed by atoms with Gasteiger partial charge in [-0.2, -0.15) is 5.10 Å². The Labute approximate surface area is 153 Å². The van der Waals surface area contributed by atoms with Gasteiger partial charge >= 0.3 is 0 Å². The maximum Gasteiger partial charge on any atom is 0.144 e. The second-order valence-electron chi connectivity index (χ2n) is 6.75. The molecule has 134 valence electrons. The molecule has 1 aromatic carbocycles. The maximum atomic E-state index is 4.54. The summed E-state index contributed by atoms with van der Waals surface area (Å²) in [6.45, 7) is 4.78. The van der Waals surface area contributed by atoms with Crippen molar-refractivity contribution < 1.29 is 0 Å². The number of hydrogen-bond acceptors (Lipinski definition) is 5. The summed E-state index contributed by atoms with van der Waals surface area (Å²) in [7, 11) is 0. The summed E-state index contributed by atoms with van der Waals surface area (Å²) in [6, 6.07) is 17.3. The molecule has 0 bridgehead atoms. The monoisotopic (exact) mass is 348 g/mol. The van der Waals surface area contributed by atoms with Crippen LogP contribution in [0.15, 0.2) is 61.1 Å². The highest BCUT2D eigenvalue weighted by Gasteiger charge is 2.29. The van der Waals surface area contributed by atoms with Gasteiger partial charge in [0.1, 0.15) is 18.0 Å². The Hall–Kier alpha value is -2.73. The molecule has 0 amide bonds. The Morgan fingerprint density at radius 2 is 1.96 bits per heavy atom. The molecule has 1 N–H and O–H groups in total. The summed E-state index contributed by atoms with van der Waals surface area (Å²) in [6.07, 6.45) is 4.54. The molecule has 0 saturated carbocycles. The third-order valence-electron chi connectivity index (χ3n) is 4.87. The molecule has 6 nitrogen and oxygen atoms in total. The second kappa shape index (κ2) is 7.66. The fourth-order valence-electron chi connectivity index (χ4n) is 3.56. The molecule has 1 aliphatic rings. The van der Waals surface area contributed by atoms with Gasteiger partial charge in [0.2, 0.25) is 0 Å². The Bertz CT molecular complexity index is 817. The zero-order valence-corrected chi connectivity index (χ0v) is 15.0. The van der Waals surface area contributed by atoms with Crippen LogP contribution in [0.5, 0.6) is 0 Å². The van der Waals surface area contributed by atoms with E-state index < -0.39 is 0 Å². The fraction of sp³-hybridized carbons (Fsp3) is 0.350. The van der Waals surface area contributed by atoms with Crippen LogP contribution in [-0.4, -0.2) is 32.8 Å². The van der Waals surface area contributed by atoms with Crippen molar-refractivity contribution in [3.63, 3.8) is 0 Å². The fourth-order valence-corrected chi connectivity index (χ4v) is 3.56. The van der Waals surface area contributed by atoms with Crippen molar-refractivity contribution in [2.24, 2.45) is 0 Å². The van der Waals surface area contributed by atoms with Gasteiger partial charge in [-0.15, -0.1) is 0 Å². The number of hydrogen-bond donors (Lipinski definition) is 1. The van der Waals surface area contributed by atoms with E-state index in [9.17, 15) is 0 Å². The highest BCUT2D eigenvalue weighted by molar-refractivity contribution is 5.39. The molecule has 0 spiro atoms. The quantitative estimate of drug-likeness (QED) is 0.711. The smallest absolute Gasteiger partial charge is 0.144 e. The molecule has 0 saturated heterocycles. The molecule has 6 heteroatoms. The van der Waals surface area contributed by atoms with Gasteiger partial charge in [0.15, 0.2) is 0 Å².